The normalized spacial score (nSPS) is 10.4. The van der Waals surface area contributed by atoms with Crippen molar-refractivity contribution in [1.29, 1.82) is 0 Å². The zero-order valence-corrected chi connectivity index (χ0v) is 16.6. The van der Waals surface area contributed by atoms with Gasteiger partial charge in [-0.2, -0.15) is 5.10 Å². The topological polar surface area (TPSA) is 82.4 Å². The number of amides is 1. The maximum Gasteiger partial charge on any atom is 0.342 e. The Morgan fingerprint density at radius 2 is 1.72 bits per heavy atom. The van der Waals surface area contributed by atoms with Crippen LogP contribution in [0.5, 0.6) is 5.75 Å². The van der Waals surface area contributed by atoms with Gasteiger partial charge in [-0.15, -0.1) is 0 Å². The number of aromatic nitrogens is 2. The lowest BCUT2D eigenvalue weighted by molar-refractivity contribution is -0.119. The van der Waals surface area contributed by atoms with Crippen LogP contribution in [0.15, 0.2) is 54.6 Å². The van der Waals surface area contributed by atoms with E-state index >= 15 is 0 Å². The summed E-state index contributed by atoms with van der Waals surface area (Å²) in [6, 6.07) is 16.6. The van der Waals surface area contributed by atoms with Gasteiger partial charge in [-0.05, 0) is 45.0 Å². The van der Waals surface area contributed by atoms with Gasteiger partial charge in [-0.3, -0.25) is 4.79 Å². The second-order valence-corrected chi connectivity index (χ2v) is 6.35. The van der Waals surface area contributed by atoms with Gasteiger partial charge in [0.05, 0.1) is 29.4 Å². The molecular weight excluding hydrogens is 370 g/mol. The molecule has 3 rings (SSSR count). The van der Waals surface area contributed by atoms with Crippen molar-refractivity contribution in [3.63, 3.8) is 0 Å². The number of rotatable bonds is 7. The first-order chi connectivity index (χ1) is 14.0. The summed E-state index contributed by atoms with van der Waals surface area (Å²) in [6.07, 6.45) is 0. The summed E-state index contributed by atoms with van der Waals surface area (Å²) in [4.78, 5) is 24.8. The summed E-state index contributed by atoms with van der Waals surface area (Å²) in [6.45, 7) is 5.46. The Bertz CT molecular complexity index is 1010. The monoisotopic (exact) mass is 393 g/mol. The van der Waals surface area contributed by atoms with Crippen LogP contribution < -0.4 is 10.1 Å². The second kappa shape index (κ2) is 9.05. The minimum atomic E-state index is -0.588. The van der Waals surface area contributed by atoms with E-state index in [4.69, 9.17) is 9.47 Å². The quantitative estimate of drug-likeness (QED) is 0.619. The highest BCUT2D eigenvalue weighted by Crippen LogP contribution is 2.23. The number of carbonyl (C=O) groups is 2. The summed E-state index contributed by atoms with van der Waals surface area (Å²) in [5.74, 6) is -0.475. The van der Waals surface area contributed by atoms with E-state index < -0.39 is 18.5 Å². The summed E-state index contributed by atoms with van der Waals surface area (Å²) < 4.78 is 12.4. The third-order valence-electron chi connectivity index (χ3n) is 4.29. The number of para-hydroxylation sites is 3. The molecule has 0 bridgehead atoms. The lowest BCUT2D eigenvalue weighted by atomic mass is 10.2. The van der Waals surface area contributed by atoms with Crippen molar-refractivity contribution in [2.45, 2.75) is 20.8 Å². The Labute approximate surface area is 169 Å². The summed E-state index contributed by atoms with van der Waals surface area (Å²) in [7, 11) is 0. The molecule has 1 amide bonds. The van der Waals surface area contributed by atoms with Crippen LogP contribution in [0.2, 0.25) is 0 Å². The number of hydrogen-bond donors (Lipinski definition) is 1. The van der Waals surface area contributed by atoms with Crippen molar-refractivity contribution >= 4 is 17.6 Å². The molecule has 3 aromatic rings. The molecule has 1 heterocycles. The number of carbonyl (C=O) groups excluding carboxylic acids is 2. The van der Waals surface area contributed by atoms with E-state index in [1.807, 2.05) is 43.3 Å². The van der Waals surface area contributed by atoms with Crippen molar-refractivity contribution in [1.82, 2.24) is 9.78 Å². The Kier molecular flexibility index (Phi) is 6.29. The van der Waals surface area contributed by atoms with Crippen molar-refractivity contribution in [2.75, 3.05) is 18.5 Å². The minimum Gasteiger partial charge on any atom is -0.492 e. The molecule has 0 aliphatic rings. The number of nitrogens with zero attached hydrogens (tertiary/aromatic N) is 2. The molecule has 7 heteroatoms. The fourth-order valence-corrected chi connectivity index (χ4v) is 3.00. The van der Waals surface area contributed by atoms with Crippen LogP contribution in [0.4, 0.5) is 5.69 Å². The molecule has 29 heavy (non-hydrogen) atoms. The molecule has 0 spiro atoms. The first-order valence-electron chi connectivity index (χ1n) is 9.31. The van der Waals surface area contributed by atoms with Gasteiger partial charge in [0.15, 0.2) is 6.61 Å². The van der Waals surface area contributed by atoms with Gasteiger partial charge in [-0.25, -0.2) is 9.48 Å². The lowest BCUT2D eigenvalue weighted by Gasteiger charge is -2.11. The fourth-order valence-electron chi connectivity index (χ4n) is 3.00. The summed E-state index contributed by atoms with van der Waals surface area (Å²) in [5, 5.41) is 7.13. The molecule has 1 N–H and O–H groups in total. The molecule has 0 fully saturated rings. The van der Waals surface area contributed by atoms with E-state index in [0.29, 0.717) is 35.0 Å². The third kappa shape index (κ3) is 4.63. The van der Waals surface area contributed by atoms with Crippen molar-refractivity contribution in [3.8, 4) is 11.4 Å². The zero-order chi connectivity index (χ0) is 20.8. The van der Waals surface area contributed by atoms with Crippen LogP contribution in [0.1, 0.15) is 28.7 Å². The van der Waals surface area contributed by atoms with Crippen molar-refractivity contribution in [3.05, 3.63) is 71.5 Å². The maximum atomic E-state index is 12.6. The molecular formula is C22H23N3O4. The Balaban J connectivity index is 1.67. The summed E-state index contributed by atoms with van der Waals surface area (Å²) >= 11 is 0. The van der Waals surface area contributed by atoms with Crippen LogP contribution in [0.25, 0.3) is 5.69 Å². The molecule has 0 unspecified atom stereocenters. The number of nitrogens with one attached hydrogen (secondary N) is 1. The van der Waals surface area contributed by atoms with Gasteiger partial charge >= 0.3 is 5.97 Å². The van der Waals surface area contributed by atoms with E-state index in [-0.39, 0.29) is 0 Å². The largest absolute Gasteiger partial charge is 0.492 e. The molecule has 0 aliphatic carbocycles. The van der Waals surface area contributed by atoms with Gasteiger partial charge in [0, 0.05) is 0 Å². The first kappa shape index (κ1) is 20.1. The van der Waals surface area contributed by atoms with E-state index in [9.17, 15) is 9.59 Å². The van der Waals surface area contributed by atoms with Crippen molar-refractivity contribution in [2.24, 2.45) is 0 Å². The van der Waals surface area contributed by atoms with Crippen LogP contribution in [0.3, 0.4) is 0 Å². The first-order valence-corrected chi connectivity index (χ1v) is 9.31. The van der Waals surface area contributed by atoms with Gasteiger partial charge in [0.2, 0.25) is 0 Å². The van der Waals surface area contributed by atoms with Crippen LogP contribution >= 0.6 is 0 Å². The number of esters is 1. The summed E-state index contributed by atoms with van der Waals surface area (Å²) in [5.41, 5.74) is 2.92. The lowest BCUT2D eigenvalue weighted by Crippen LogP contribution is -2.21. The number of ether oxygens (including phenoxy) is 2. The van der Waals surface area contributed by atoms with Gasteiger partial charge in [-0.1, -0.05) is 30.3 Å². The number of hydrogen-bond acceptors (Lipinski definition) is 5. The highest BCUT2D eigenvalue weighted by atomic mass is 16.5. The van der Waals surface area contributed by atoms with Crippen molar-refractivity contribution < 1.29 is 19.1 Å². The predicted molar refractivity (Wildman–Crippen MR) is 110 cm³/mol. The number of anilines is 1. The zero-order valence-electron chi connectivity index (χ0n) is 16.6. The van der Waals surface area contributed by atoms with E-state index in [1.165, 1.54) is 0 Å². The van der Waals surface area contributed by atoms with E-state index in [0.717, 1.165) is 5.69 Å². The number of benzene rings is 2. The molecule has 0 saturated carbocycles. The molecule has 150 valence electrons. The number of aryl methyl sites for hydroxylation is 1. The molecule has 2 aromatic carbocycles. The third-order valence-corrected chi connectivity index (χ3v) is 4.29. The van der Waals surface area contributed by atoms with Gasteiger partial charge in [0.25, 0.3) is 5.91 Å². The second-order valence-electron chi connectivity index (χ2n) is 6.35. The molecule has 0 saturated heterocycles. The highest BCUT2D eigenvalue weighted by Gasteiger charge is 2.21. The van der Waals surface area contributed by atoms with Crippen LogP contribution in [0, 0.1) is 13.8 Å². The minimum absolute atomic E-state index is 0.358. The van der Waals surface area contributed by atoms with Crippen LogP contribution in [-0.2, 0) is 9.53 Å². The van der Waals surface area contributed by atoms with Gasteiger partial charge in [0.1, 0.15) is 11.3 Å². The van der Waals surface area contributed by atoms with E-state index in [1.54, 1.807) is 36.7 Å². The molecule has 1 aromatic heterocycles. The SMILES string of the molecule is CCOc1ccccc1NC(=O)COC(=O)c1c(C)nn(-c2ccccc2)c1C. The molecule has 0 aliphatic heterocycles. The standard InChI is InChI=1S/C22H23N3O4/c1-4-28-19-13-9-8-12-18(19)23-20(26)14-29-22(27)21-15(2)24-25(16(21)3)17-10-6-5-7-11-17/h5-13H,4,14H2,1-3H3,(H,23,26). The smallest absolute Gasteiger partial charge is 0.342 e. The Hall–Kier alpha value is -3.61. The van der Waals surface area contributed by atoms with Gasteiger partial charge < -0.3 is 14.8 Å². The molecule has 0 radical (unpaired) electrons. The Morgan fingerprint density at radius 1 is 1.03 bits per heavy atom. The maximum absolute atomic E-state index is 12.6. The average Bonchev–Trinajstić information content (AvgIpc) is 3.02. The fraction of sp³-hybridized carbons (Fsp3) is 0.227. The highest BCUT2D eigenvalue weighted by molar-refractivity contribution is 5.97. The molecule has 0 atom stereocenters. The van der Waals surface area contributed by atoms with Crippen LogP contribution in [-0.4, -0.2) is 34.9 Å². The average molecular weight is 393 g/mol. The van der Waals surface area contributed by atoms with E-state index in [2.05, 4.69) is 10.4 Å². The predicted octanol–water partition coefficient (Wildman–Crippen LogP) is 3.68. The molecule has 7 nitrogen and oxygen atoms in total. The Morgan fingerprint density at radius 3 is 2.45 bits per heavy atom.